The maximum absolute atomic E-state index is 13.8. The maximum Gasteiger partial charge on any atom is 0.419 e. The Kier molecular flexibility index (Phi) is 8.43. The number of carbonyl (C=O) groups is 2. The molecule has 2 aliphatic carbocycles. The number of rotatable bonds is 7. The molecule has 2 aliphatic rings. The molecule has 2 fully saturated rings. The molecule has 0 aromatic heterocycles. The first kappa shape index (κ1) is 31.0. The molecule has 3 aromatic carbocycles. The predicted octanol–water partition coefficient (Wildman–Crippen LogP) is 6.94. The van der Waals surface area contributed by atoms with E-state index in [0.29, 0.717) is 23.6 Å². The second-order valence-electron chi connectivity index (χ2n) is 10.6. The number of anilines is 1. The van der Waals surface area contributed by atoms with Gasteiger partial charge in [-0.05, 0) is 66.8 Å². The molecule has 0 heterocycles. The Hall–Kier alpha value is -4.39. The van der Waals surface area contributed by atoms with Crippen molar-refractivity contribution in [2.24, 2.45) is 17.8 Å². The Bertz CT molecular complexity index is 1570. The Morgan fingerprint density at radius 2 is 1.57 bits per heavy atom. The van der Waals surface area contributed by atoms with Crippen molar-refractivity contribution in [2.75, 3.05) is 5.32 Å². The van der Waals surface area contributed by atoms with Gasteiger partial charge in [0.1, 0.15) is 17.3 Å². The molecule has 13 heteroatoms. The van der Waals surface area contributed by atoms with Crippen LogP contribution in [0.15, 0.2) is 84.4 Å². The number of hydrogen-bond donors (Lipinski definition) is 3. The molecular weight excluding hydrogens is 597 g/mol. The molecule has 0 saturated heterocycles. The second-order valence-corrected chi connectivity index (χ2v) is 10.6. The van der Waals surface area contributed by atoms with E-state index in [0.717, 1.165) is 6.07 Å². The minimum absolute atomic E-state index is 0.0856. The van der Waals surface area contributed by atoms with Crippen molar-refractivity contribution >= 4 is 17.5 Å². The predicted molar refractivity (Wildman–Crippen MR) is 144 cm³/mol. The number of aliphatic hydroxyl groups is 1. The second kappa shape index (κ2) is 11.9. The van der Waals surface area contributed by atoms with Crippen molar-refractivity contribution in [1.82, 2.24) is 5.32 Å². The lowest BCUT2D eigenvalue weighted by atomic mass is 9.83. The lowest BCUT2D eigenvalue weighted by Crippen LogP contribution is -2.49. The van der Waals surface area contributed by atoms with Gasteiger partial charge < -0.3 is 20.5 Å². The number of ether oxygens (including phenoxy) is 1. The summed E-state index contributed by atoms with van der Waals surface area (Å²) in [7, 11) is 0. The van der Waals surface area contributed by atoms with Crippen LogP contribution < -0.4 is 15.4 Å². The molecule has 5 rings (SSSR count). The van der Waals surface area contributed by atoms with E-state index in [9.17, 15) is 45.4 Å². The van der Waals surface area contributed by atoms with Crippen LogP contribution in [0.2, 0.25) is 0 Å². The summed E-state index contributed by atoms with van der Waals surface area (Å²) >= 11 is 0. The van der Waals surface area contributed by atoms with E-state index < -0.39 is 71.1 Å². The van der Waals surface area contributed by atoms with Gasteiger partial charge in [0.15, 0.2) is 6.10 Å². The molecule has 0 spiro atoms. The van der Waals surface area contributed by atoms with Crippen LogP contribution in [0.5, 0.6) is 11.5 Å². The van der Waals surface area contributed by atoms with Gasteiger partial charge in [-0.3, -0.25) is 9.59 Å². The van der Waals surface area contributed by atoms with Crippen LogP contribution in [0.25, 0.3) is 0 Å². The van der Waals surface area contributed by atoms with Gasteiger partial charge in [0.25, 0.3) is 5.91 Å². The third kappa shape index (κ3) is 6.72. The highest BCUT2D eigenvalue weighted by Crippen LogP contribution is 2.54. The topological polar surface area (TPSA) is 87.7 Å². The van der Waals surface area contributed by atoms with E-state index in [1.807, 2.05) is 0 Å². The van der Waals surface area contributed by atoms with Crippen molar-refractivity contribution < 1.29 is 50.2 Å². The highest BCUT2D eigenvalue weighted by atomic mass is 19.4. The minimum atomic E-state index is -5.06. The SMILES string of the molecule is O=C(N[C@H]1[C@@H](C(=O)Nc2ccc(F)c(C(F)(F)F)c2)[C@H]2CC[C@@H]1/C2=C\C(F)(F)F)C(O)c1cccc(Oc2ccccc2)c1. The van der Waals surface area contributed by atoms with Crippen molar-refractivity contribution in [3.63, 3.8) is 0 Å². The minimum Gasteiger partial charge on any atom is -0.457 e. The van der Waals surface area contributed by atoms with Crippen LogP contribution in [-0.2, 0) is 15.8 Å². The maximum atomic E-state index is 13.8. The summed E-state index contributed by atoms with van der Waals surface area (Å²) in [6.45, 7) is 0. The zero-order valence-corrected chi connectivity index (χ0v) is 22.6. The molecule has 1 unspecified atom stereocenters. The highest BCUT2D eigenvalue weighted by Gasteiger charge is 2.56. The van der Waals surface area contributed by atoms with Crippen LogP contribution in [-0.4, -0.2) is 29.1 Å². The number of nitrogens with one attached hydrogen (secondary N) is 2. The monoisotopic (exact) mass is 622 g/mol. The van der Waals surface area contributed by atoms with Gasteiger partial charge in [0.2, 0.25) is 5.91 Å². The van der Waals surface area contributed by atoms with Gasteiger partial charge in [-0.15, -0.1) is 0 Å². The Balaban J connectivity index is 1.39. The number of para-hydroxylation sites is 1. The van der Waals surface area contributed by atoms with Gasteiger partial charge in [0, 0.05) is 23.7 Å². The van der Waals surface area contributed by atoms with E-state index in [4.69, 9.17) is 4.74 Å². The van der Waals surface area contributed by atoms with Crippen LogP contribution in [0.3, 0.4) is 0 Å². The first-order chi connectivity index (χ1) is 20.7. The normalized spacial score (nSPS) is 23.0. The first-order valence-corrected chi connectivity index (χ1v) is 13.5. The van der Waals surface area contributed by atoms with Crippen LogP contribution in [0.4, 0.5) is 36.4 Å². The van der Waals surface area contributed by atoms with E-state index in [2.05, 4.69) is 10.6 Å². The number of carbonyl (C=O) groups excluding carboxylic acids is 2. The molecule has 3 N–H and O–H groups in total. The summed E-state index contributed by atoms with van der Waals surface area (Å²) in [6.07, 6.45) is -11.1. The molecule has 44 heavy (non-hydrogen) atoms. The quantitative estimate of drug-likeness (QED) is 0.197. The third-order valence-electron chi connectivity index (χ3n) is 7.78. The van der Waals surface area contributed by atoms with Gasteiger partial charge in [-0.2, -0.15) is 26.3 Å². The van der Waals surface area contributed by atoms with Gasteiger partial charge >= 0.3 is 12.4 Å². The molecule has 2 bridgehead atoms. The van der Waals surface area contributed by atoms with Gasteiger partial charge in [-0.25, -0.2) is 4.39 Å². The van der Waals surface area contributed by atoms with Crippen molar-refractivity contribution in [1.29, 1.82) is 0 Å². The van der Waals surface area contributed by atoms with Crippen LogP contribution in [0, 0.1) is 23.6 Å². The zero-order chi connectivity index (χ0) is 31.8. The fourth-order valence-corrected chi connectivity index (χ4v) is 5.99. The summed E-state index contributed by atoms with van der Waals surface area (Å²) in [5.74, 6) is -5.94. The average Bonchev–Trinajstić information content (AvgIpc) is 3.46. The molecule has 2 saturated carbocycles. The van der Waals surface area contributed by atoms with E-state index in [1.165, 1.54) is 18.2 Å². The first-order valence-electron chi connectivity index (χ1n) is 13.5. The lowest BCUT2D eigenvalue weighted by Gasteiger charge is -2.31. The van der Waals surface area contributed by atoms with Crippen molar-refractivity contribution in [3.05, 3.63) is 101 Å². The van der Waals surface area contributed by atoms with Gasteiger partial charge in [-0.1, -0.05) is 35.9 Å². The smallest absolute Gasteiger partial charge is 0.419 e. The number of fused-ring (bicyclic) bond motifs is 2. The number of aliphatic hydroxyl groups excluding tert-OH is 1. The van der Waals surface area contributed by atoms with Crippen molar-refractivity contribution in [3.8, 4) is 11.5 Å². The van der Waals surface area contributed by atoms with E-state index in [1.54, 1.807) is 36.4 Å². The average molecular weight is 623 g/mol. The fourth-order valence-electron chi connectivity index (χ4n) is 5.99. The summed E-state index contributed by atoms with van der Waals surface area (Å²) < 4.78 is 99.4. The molecule has 0 aliphatic heterocycles. The number of halogens is 7. The molecule has 232 valence electrons. The fraction of sp³-hybridized carbons (Fsp3) is 0.290. The number of benzene rings is 3. The lowest BCUT2D eigenvalue weighted by molar-refractivity contribution is -0.140. The number of hydrogen-bond acceptors (Lipinski definition) is 4. The molecule has 5 atom stereocenters. The number of alkyl halides is 6. The van der Waals surface area contributed by atoms with Crippen LogP contribution >= 0.6 is 0 Å². The summed E-state index contributed by atoms with van der Waals surface area (Å²) in [5, 5.41) is 15.6. The Labute approximate surface area is 246 Å². The molecule has 0 radical (unpaired) electrons. The third-order valence-corrected chi connectivity index (χ3v) is 7.78. The van der Waals surface area contributed by atoms with E-state index in [-0.39, 0.29) is 30.1 Å². The standard InChI is InChI=1S/C31H25F7N2O4/c32-24-12-9-17(14-23(24)31(36,37)38)39-28(42)25-20-10-11-21(22(20)15-30(33,34)35)26(25)40-29(43)27(41)16-5-4-8-19(13-16)44-18-6-2-1-3-7-18/h1-9,12-15,20-21,25-27,41H,10-11H2,(H,39,42)(H,40,43)/b22-15-/t20-,21+,25-,26+,27?/m0/s1. The van der Waals surface area contributed by atoms with E-state index >= 15 is 0 Å². The summed E-state index contributed by atoms with van der Waals surface area (Å²) in [6, 6.07) is 15.2. The number of allylic oxidation sites excluding steroid dienone is 1. The largest absolute Gasteiger partial charge is 0.457 e. The Morgan fingerprint density at radius 1 is 0.886 bits per heavy atom. The highest BCUT2D eigenvalue weighted by molar-refractivity contribution is 5.95. The van der Waals surface area contributed by atoms with Crippen molar-refractivity contribution in [2.45, 2.75) is 37.3 Å². The number of amides is 2. The van der Waals surface area contributed by atoms with Crippen LogP contribution in [0.1, 0.15) is 30.1 Å². The van der Waals surface area contributed by atoms with Gasteiger partial charge in [0.05, 0.1) is 11.5 Å². The zero-order valence-electron chi connectivity index (χ0n) is 22.6. The summed E-state index contributed by atoms with van der Waals surface area (Å²) in [5.41, 5.74) is -2.07. The summed E-state index contributed by atoms with van der Waals surface area (Å²) in [4.78, 5) is 26.6. The molecule has 3 aromatic rings. The molecule has 2 amide bonds. The molecular formula is C31H25F7N2O4. The Morgan fingerprint density at radius 3 is 2.25 bits per heavy atom. The molecule has 6 nitrogen and oxygen atoms in total.